The second-order valence-electron chi connectivity index (χ2n) is 4.70. The minimum absolute atomic E-state index is 0.0273. The van der Waals surface area contributed by atoms with Gasteiger partial charge in [0.15, 0.2) is 0 Å². The van der Waals surface area contributed by atoms with Crippen molar-refractivity contribution >= 4 is 11.6 Å². The van der Waals surface area contributed by atoms with Gasteiger partial charge in [0, 0.05) is 31.5 Å². The normalized spacial score (nSPS) is 10.2. The summed E-state index contributed by atoms with van der Waals surface area (Å²) < 4.78 is 0. The Bertz CT molecular complexity index is 598. The van der Waals surface area contributed by atoms with Crippen LogP contribution in [0.25, 0.3) is 0 Å². The summed E-state index contributed by atoms with van der Waals surface area (Å²) in [6.07, 6.45) is 3.48. The molecule has 0 aliphatic heterocycles. The molecule has 1 amide bonds. The molecule has 0 unspecified atom stereocenters. The molecular formula is C15H18N4O. The summed E-state index contributed by atoms with van der Waals surface area (Å²) in [6, 6.07) is 9.21. The van der Waals surface area contributed by atoms with Gasteiger partial charge in [-0.1, -0.05) is 6.07 Å². The fourth-order valence-electron chi connectivity index (χ4n) is 2.02. The third-order valence-corrected chi connectivity index (χ3v) is 3.12. The smallest absolute Gasteiger partial charge is 0.253 e. The first kappa shape index (κ1) is 14.0. The Hall–Kier alpha value is -2.40. The highest BCUT2D eigenvalue weighted by molar-refractivity contribution is 5.94. The summed E-state index contributed by atoms with van der Waals surface area (Å²) in [6.45, 7) is 2.44. The molecule has 0 radical (unpaired) electrons. The topological polar surface area (TPSA) is 71.2 Å². The third kappa shape index (κ3) is 3.13. The number of carbonyl (C=O) groups is 1. The van der Waals surface area contributed by atoms with Crippen molar-refractivity contribution in [3.05, 3.63) is 59.4 Å². The largest absolute Gasteiger partial charge is 0.337 e. The van der Waals surface area contributed by atoms with Crippen LogP contribution in [0.5, 0.6) is 0 Å². The average Bonchev–Trinajstić information content (AvgIpc) is 2.47. The lowest BCUT2D eigenvalue weighted by Gasteiger charge is -2.18. The van der Waals surface area contributed by atoms with Crippen LogP contribution in [0.1, 0.15) is 21.5 Å². The van der Waals surface area contributed by atoms with Crippen LogP contribution < -0.4 is 11.3 Å². The molecule has 3 N–H and O–H groups in total. The van der Waals surface area contributed by atoms with Gasteiger partial charge in [0.1, 0.15) is 0 Å². The maximum Gasteiger partial charge on any atom is 0.253 e. The quantitative estimate of drug-likeness (QED) is 0.658. The van der Waals surface area contributed by atoms with E-state index in [1.807, 2.05) is 25.1 Å². The molecule has 5 heteroatoms. The number of nitrogens with zero attached hydrogens (tertiary/aromatic N) is 2. The molecule has 0 saturated heterocycles. The Morgan fingerprint density at radius 2 is 2.20 bits per heavy atom. The fraction of sp³-hybridized carbons (Fsp3) is 0.200. The SMILES string of the molecule is Cc1cc(C(=O)N(C)Cc2cccnc2)ccc1NN. The molecule has 2 aromatic rings. The van der Waals surface area contributed by atoms with Crippen LogP contribution in [0.2, 0.25) is 0 Å². The first-order valence-electron chi connectivity index (χ1n) is 6.33. The number of nitrogens with one attached hydrogen (secondary N) is 1. The summed E-state index contributed by atoms with van der Waals surface area (Å²) in [7, 11) is 1.78. The molecule has 2 rings (SSSR count). The van der Waals surface area contributed by atoms with Crippen molar-refractivity contribution < 1.29 is 4.79 Å². The molecular weight excluding hydrogens is 252 g/mol. The van der Waals surface area contributed by atoms with Crippen LogP contribution >= 0.6 is 0 Å². The number of benzene rings is 1. The highest BCUT2D eigenvalue weighted by atomic mass is 16.2. The number of nitrogens with two attached hydrogens (primary N) is 1. The van der Waals surface area contributed by atoms with Crippen molar-refractivity contribution in [2.24, 2.45) is 5.84 Å². The number of hydrogen-bond donors (Lipinski definition) is 2. The van der Waals surface area contributed by atoms with Gasteiger partial charge in [-0.15, -0.1) is 0 Å². The zero-order chi connectivity index (χ0) is 14.5. The molecule has 1 aromatic heterocycles. The summed E-state index contributed by atoms with van der Waals surface area (Å²) in [5, 5.41) is 0. The molecule has 104 valence electrons. The van der Waals surface area contributed by atoms with E-state index in [9.17, 15) is 4.79 Å². The number of aryl methyl sites for hydroxylation is 1. The first-order chi connectivity index (χ1) is 9.61. The second-order valence-corrected chi connectivity index (χ2v) is 4.70. The zero-order valence-corrected chi connectivity index (χ0v) is 11.6. The van der Waals surface area contributed by atoms with Gasteiger partial charge >= 0.3 is 0 Å². The van der Waals surface area contributed by atoms with Crippen molar-refractivity contribution in [3.63, 3.8) is 0 Å². The number of hydrogen-bond acceptors (Lipinski definition) is 4. The second kappa shape index (κ2) is 6.16. The van der Waals surface area contributed by atoms with Crippen molar-refractivity contribution in [1.82, 2.24) is 9.88 Å². The minimum Gasteiger partial charge on any atom is -0.337 e. The molecule has 0 fully saturated rings. The van der Waals surface area contributed by atoms with Crippen molar-refractivity contribution in [1.29, 1.82) is 0 Å². The van der Waals surface area contributed by atoms with E-state index in [-0.39, 0.29) is 5.91 Å². The maximum atomic E-state index is 12.4. The van der Waals surface area contributed by atoms with Gasteiger partial charge in [0.2, 0.25) is 0 Å². The summed E-state index contributed by atoms with van der Waals surface area (Å²) in [4.78, 5) is 18.1. The van der Waals surface area contributed by atoms with E-state index in [1.165, 1.54) is 0 Å². The van der Waals surface area contributed by atoms with E-state index in [2.05, 4.69) is 10.4 Å². The molecule has 1 heterocycles. The highest BCUT2D eigenvalue weighted by Crippen LogP contribution is 2.16. The molecule has 1 aromatic carbocycles. The molecule has 0 aliphatic carbocycles. The predicted molar refractivity (Wildman–Crippen MR) is 79.0 cm³/mol. The Labute approximate surface area is 118 Å². The molecule has 0 bridgehead atoms. The molecule has 0 aliphatic rings. The van der Waals surface area contributed by atoms with E-state index in [0.717, 1.165) is 16.8 Å². The number of carbonyl (C=O) groups excluding carboxylic acids is 1. The number of nitrogen functional groups attached to an aromatic ring is 1. The van der Waals surface area contributed by atoms with Crippen LogP contribution in [0, 0.1) is 6.92 Å². The first-order valence-corrected chi connectivity index (χ1v) is 6.33. The van der Waals surface area contributed by atoms with Crippen LogP contribution in [0.4, 0.5) is 5.69 Å². The van der Waals surface area contributed by atoms with Gasteiger partial charge in [-0.25, -0.2) is 0 Å². The Kier molecular flexibility index (Phi) is 4.32. The number of amides is 1. The van der Waals surface area contributed by atoms with Crippen LogP contribution in [-0.2, 0) is 6.54 Å². The van der Waals surface area contributed by atoms with E-state index in [4.69, 9.17) is 5.84 Å². The van der Waals surface area contributed by atoms with Crippen LogP contribution in [0.15, 0.2) is 42.7 Å². The Balaban J connectivity index is 2.12. The minimum atomic E-state index is -0.0273. The van der Waals surface area contributed by atoms with Crippen molar-refractivity contribution in [2.45, 2.75) is 13.5 Å². The molecule has 0 atom stereocenters. The number of anilines is 1. The Morgan fingerprint density at radius 3 is 2.80 bits per heavy atom. The molecule has 0 spiro atoms. The highest BCUT2D eigenvalue weighted by Gasteiger charge is 2.13. The zero-order valence-electron chi connectivity index (χ0n) is 11.6. The number of hydrazine groups is 1. The lowest BCUT2D eigenvalue weighted by molar-refractivity contribution is 0.0785. The van der Waals surface area contributed by atoms with E-state index in [1.54, 1.807) is 36.5 Å². The average molecular weight is 270 g/mol. The molecule has 5 nitrogen and oxygen atoms in total. The van der Waals surface area contributed by atoms with E-state index < -0.39 is 0 Å². The number of rotatable bonds is 4. The van der Waals surface area contributed by atoms with E-state index in [0.29, 0.717) is 12.1 Å². The summed E-state index contributed by atoms with van der Waals surface area (Å²) >= 11 is 0. The van der Waals surface area contributed by atoms with Crippen molar-refractivity contribution in [2.75, 3.05) is 12.5 Å². The molecule has 20 heavy (non-hydrogen) atoms. The van der Waals surface area contributed by atoms with Crippen molar-refractivity contribution in [3.8, 4) is 0 Å². The number of aromatic nitrogens is 1. The predicted octanol–water partition coefficient (Wildman–Crippen LogP) is 1.95. The standard InChI is InChI=1S/C15H18N4O/c1-11-8-13(5-6-14(11)18-16)15(20)19(2)10-12-4-3-7-17-9-12/h3-9,18H,10,16H2,1-2H3. The van der Waals surface area contributed by atoms with Gasteiger partial charge in [-0.3, -0.25) is 15.6 Å². The molecule has 0 saturated carbocycles. The van der Waals surface area contributed by atoms with Gasteiger partial charge < -0.3 is 10.3 Å². The van der Waals surface area contributed by atoms with E-state index >= 15 is 0 Å². The lowest BCUT2D eigenvalue weighted by atomic mass is 10.1. The fourth-order valence-corrected chi connectivity index (χ4v) is 2.02. The monoisotopic (exact) mass is 270 g/mol. The Morgan fingerprint density at radius 1 is 1.40 bits per heavy atom. The van der Waals surface area contributed by atoms with Gasteiger partial charge in [0.25, 0.3) is 5.91 Å². The maximum absolute atomic E-state index is 12.4. The summed E-state index contributed by atoms with van der Waals surface area (Å²) in [5.41, 5.74) is 6.00. The van der Waals surface area contributed by atoms with Gasteiger partial charge in [0.05, 0.1) is 5.69 Å². The van der Waals surface area contributed by atoms with Crippen LogP contribution in [-0.4, -0.2) is 22.8 Å². The van der Waals surface area contributed by atoms with Gasteiger partial charge in [-0.05, 0) is 42.3 Å². The summed E-state index contributed by atoms with van der Waals surface area (Å²) in [5.74, 6) is 5.36. The number of pyridine rings is 1. The van der Waals surface area contributed by atoms with Gasteiger partial charge in [-0.2, -0.15) is 0 Å². The van der Waals surface area contributed by atoms with Crippen LogP contribution in [0.3, 0.4) is 0 Å². The lowest BCUT2D eigenvalue weighted by Crippen LogP contribution is -2.26. The third-order valence-electron chi connectivity index (χ3n) is 3.12.